The summed E-state index contributed by atoms with van der Waals surface area (Å²) in [5.41, 5.74) is 0.652. The van der Waals surface area contributed by atoms with Gasteiger partial charge in [0.05, 0.1) is 10.5 Å². The van der Waals surface area contributed by atoms with Gasteiger partial charge in [-0.3, -0.25) is 10.1 Å². The van der Waals surface area contributed by atoms with E-state index in [1.807, 2.05) is 0 Å². The van der Waals surface area contributed by atoms with E-state index in [0.717, 1.165) is 17.8 Å². The van der Waals surface area contributed by atoms with Crippen molar-refractivity contribution in [2.24, 2.45) is 0 Å². The van der Waals surface area contributed by atoms with Gasteiger partial charge < -0.3 is 0 Å². The van der Waals surface area contributed by atoms with Crippen molar-refractivity contribution >= 4 is 17.0 Å². The minimum absolute atomic E-state index is 0.0915. The first-order valence-electron chi connectivity index (χ1n) is 5.83. The Morgan fingerprint density at radius 1 is 1.28 bits per heavy atom. The molecule has 6 heteroatoms. The second-order valence-electron chi connectivity index (χ2n) is 4.35. The molecule has 3 rings (SSSR count). The van der Waals surface area contributed by atoms with Crippen molar-refractivity contribution in [2.45, 2.75) is 25.2 Å². The normalized spacial score (nSPS) is 15.3. The van der Waals surface area contributed by atoms with Gasteiger partial charge in [0.1, 0.15) is 5.01 Å². The molecule has 0 spiro atoms. The van der Waals surface area contributed by atoms with Gasteiger partial charge >= 0.3 is 0 Å². The minimum Gasteiger partial charge on any atom is -0.258 e. The standard InChI is InChI=1S/C12H11N3O2S/c16-15(17)10-7-2-1-6-9(10)12-14-13-11(18-12)8-4-3-5-8/h1-2,6-8H,3-5H2. The molecule has 1 aliphatic carbocycles. The number of rotatable bonds is 3. The van der Waals surface area contributed by atoms with Crippen LogP contribution in [0.4, 0.5) is 5.69 Å². The first kappa shape index (κ1) is 11.3. The topological polar surface area (TPSA) is 68.9 Å². The van der Waals surface area contributed by atoms with Crippen LogP contribution in [0.15, 0.2) is 24.3 Å². The molecule has 1 heterocycles. The minimum atomic E-state index is -0.375. The van der Waals surface area contributed by atoms with Crippen LogP contribution in [0.3, 0.4) is 0 Å². The molecule has 0 aliphatic heterocycles. The van der Waals surface area contributed by atoms with E-state index < -0.39 is 0 Å². The second-order valence-corrected chi connectivity index (χ2v) is 5.36. The lowest BCUT2D eigenvalue weighted by Gasteiger charge is -2.21. The van der Waals surface area contributed by atoms with Crippen molar-refractivity contribution in [3.8, 4) is 10.6 Å². The van der Waals surface area contributed by atoms with E-state index in [0.29, 0.717) is 16.5 Å². The lowest BCUT2D eigenvalue weighted by atomic mass is 9.86. The molecular weight excluding hydrogens is 250 g/mol. The first-order chi connectivity index (χ1) is 8.75. The van der Waals surface area contributed by atoms with Crippen LogP contribution in [0.5, 0.6) is 0 Å². The molecule has 0 radical (unpaired) electrons. The number of nitro benzene ring substituents is 1. The Labute approximate surface area is 108 Å². The highest BCUT2D eigenvalue weighted by atomic mass is 32.1. The van der Waals surface area contributed by atoms with E-state index in [4.69, 9.17) is 0 Å². The predicted octanol–water partition coefficient (Wildman–Crippen LogP) is 3.38. The van der Waals surface area contributed by atoms with E-state index in [9.17, 15) is 10.1 Å². The smallest absolute Gasteiger partial charge is 0.258 e. The molecule has 0 atom stereocenters. The van der Waals surface area contributed by atoms with Crippen LogP contribution in [0.1, 0.15) is 30.2 Å². The molecule has 1 fully saturated rings. The summed E-state index contributed by atoms with van der Waals surface area (Å²) in [7, 11) is 0. The van der Waals surface area contributed by atoms with Crippen LogP contribution in [0, 0.1) is 10.1 Å². The van der Waals surface area contributed by atoms with E-state index >= 15 is 0 Å². The summed E-state index contributed by atoms with van der Waals surface area (Å²) in [4.78, 5) is 10.6. The van der Waals surface area contributed by atoms with Crippen molar-refractivity contribution in [1.29, 1.82) is 0 Å². The lowest BCUT2D eigenvalue weighted by Crippen LogP contribution is -2.07. The van der Waals surface area contributed by atoms with Crippen LogP contribution in [0.2, 0.25) is 0 Å². The van der Waals surface area contributed by atoms with Crippen LogP contribution < -0.4 is 0 Å². The third-order valence-electron chi connectivity index (χ3n) is 3.23. The first-order valence-corrected chi connectivity index (χ1v) is 6.64. The molecule has 18 heavy (non-hydrogen) atoms. The van der Waals surface area contributed by atoms with E-state index in [1.165, 1.54) is 23.8 Å². The number of hydrogen-bond donors (Lipinski definition) is 0. The van der Waals surface area contributed by atoms with Crippen LogP contribution in [0.25, 0.3) is 10.6 Å². The van der Waals surface area contributed by atoms with Gasteiger partial charge in [0.2, 0.25) is 0 Å². The summed E-state index contributed by atoms with van der Waals surface area (Å²) in [5.74, 6) is 0.513. The van der Waals surface area contributed by atoms with Gasteiger partial charge in [-0.2, -0.15) is 0 Å². The Bertz CT molecular complexity index is 593. The Morgan fingerprint density at radius 3 is 2.72 bits per heavy atom. The van der Waals surface area contributed by atoms with Crippen LogP contribution in [-0.4, -0.2) is 15.1 Å². The van der Waals surface area contributed by atoms with E-state index in [1.54, 1.807) is 18.2 Å². The average molecular weight is 261 g/mol. The van der Waals surface area contributed by atoms with E-state index in [2.05, 4.69) is 10.2 Å². The summed E-state index contributed by atoms with van der Waals surface area (Å²) in [6, 6.07) is 6.67. The summed E-state index contributed by atoms with van der Waals surface area (Å²) >= 11 is 1.47. The number of nitro groups is 1. The van der Waals surface area contributed by atoms with Gasteiger partial charge in [0, 0.05) is 12.0 Å². The largest absolute Gasteiger partial charge is 0.279 e. The van der Waals surface area contributed by atoms with Gasteiger partial charge in [-0.1, -0.05) is 29.9 Å². The molecule has 0 amide bonds. The highest BCUT2D eigenvalue weighted by Gasteiger charge is 2.25. The summed E-state index contributed by atoms with van der Waals surface area (Å²) < 4.78 is 0. The van der Waals surface area contributed by atoms with Gasteiger partial charge in [-0.25, -0.2) is 0 Å². The van der Waals surface area contributed by atoms with Crippen molar-refractivity contribution in [3.05, 3.63) is 39.4 Å². The zero-order valence-corrected chi connectivity index (χ0v) is 10.4. The molecule has 92 valence electrons. The molecule has 2 aromatic rings. The summed E-state index contributed by atoms with van der Waals surface area (Å²) in [6.07, 6.45) is 3.56. The van der Waals surface area contributed by atoms with Gasteiger partial charge in [0.15, 0.2) is 5.01 Å². The molecule has 1 aromatic heterocycles. The van der Waals surface area contributed by atoms with Gasteiger partial charge in [-0.15, -0.1) is 10.2 Å². The SMILES string of the molecule is O=[N+]([O-])c1ccccc1-c1nnc(C2CCC2)s1. The van der Waals surface area contributed by atoms with Crippen LogP contribution in [-0.2, 0) is 0 Å². The third kappa shape index (κ3) is 1.88. The molecule has 0 N–H and O–H groups in total. The molecule has 0 unspecified atom stereocenters. The lowest BCUT2D eigenvalue weighted by molar-refractivity contribution is -0.384. The maximum atomic E-state index is 11.0. The Morgan fingerprint density at radius 2 is 2.06 bits per heavy atom. The predicted molar refractivity (Wildman–Crippen MR) is 68.6 cm³/mol. The number of para-hydroxylation sites is 1. The van der Waals surface area contributed by atoms with E-state index in [-0.39, 0.29) is 10.6 Å². The second kappa shape index (κ2) is 4.45. The third-order valence-corrected chi connectivity index (χ3v) is 4.35. The van der Waals surface area contributed by atoms with Crippen LogP contribution >= 0.6 is 11.3 Å². The van der Waals surface area contributed by atoms with Gasteiger partial charge in [0.25, 0.3) is 5.69 Å². The number of nitrogens with zero attached hydrogens (tertiary/aromatic N) is 3. The number of benzene rings is 1. The van der Waals surface area contributed by atoms with Crippen molar-refractivity contribution in [3.63, 3.8) is 0 Å². The monoisotopic (exact) mass is 261 g/mol. The molecule has 1 aliphatic rings. The molecule has 5 nitrogen and oxygen atoms in total. The fourth-order valence-electron chi connectivity index (χ4n) is 1.98. The molecule has 0 bridgehead atoms. The zero-order valence-electron chi connectivity index (χ0n) is 9.57. The maximum Gasteiger partial charge on any atom is 0.279 e. The Hall–Kier alpha value is -1.82. The van der Waals surface area contributed by atoms with Crippen molar-refractivity contribution < 1.29 is 4.92 Å². The molecule has 1 saturated carbocycles. The van der Waals surface area contributed by atoms with Crippen molar-refractivity contribution in [1.82, 2.24) is 10.2 Å². The summed E-state index contributed by atoms with van der Waals surface area (Å²) in [6.45, 7) is 0. The zero-order chi connectivity index (χ0) is 12.5. The fraction of sp³-hybridized carbons (Fsp3) is 0.333. The Balaban J connectivity index is 1.99. The highest BCUT2D eigenvalue weighted by molar-refractivity contribution is 7.14. The summed E-state index contributed by atoms with van der Waals surface area (Å²) in [5, 5.41) is 20.9. The number of hydrogen-bond acceptors (Lipinski definition) is 5. The fourth-order valence-corrected chi connectivity index (χ4v) is 3.02. The highest BCUT2D eigenvalue weighted by Crippen LogP contribution is 2.40. The Kier molecular flexibility index (Phi) is 2.79. The maximum absolute atomic E-state index is 11.0. The average Bonchev–Trinajstić information content (AvgIpc) is 2.76. The molecular formula is C12H11N3O2S. The molecule has 1 aromatic carbocycles. The van der Waals surface area contributed by atoms with Crippen molar-refractivity contribution in [2.75, 3.05) is 0 Å². The number of aromatic nitrogens is 2. The molecule has 0 saturated heterocycles. The van der Waals surface area contributed by atoms with Gasteiger partial charge in [-0.05, 0) is 18.9 Å². The quantitative estimate of drug-likeness (QED) is 0.627.